The predicted molar refractivity (Wildman–Crippen MR) is 73.7 cm³/mol. The van der Waals surface area contributed by atoms with Gasteiger partial charge in [-0.25, -0.2) is 0 Å². The summed E-state index contributed by atoms with van der Waals surface area (Å²) >= 11 is 11.6. The molecule has 1 rings (SSSR count). The molecule has 0 atom stereocenters. The number of carbonyl (C=O) groups excluding carboxylic acids is 2. The van der Waals surface area contributed by atoms with Crippen molar-refractivity contribution in [3.05, 3.63) is 28.2 Å². The van der Waals surface area contributed by atoms with Gasteiger partial charge in [0.1, 0.15) is 5.75 Å². The maximum atomic E-state index is 11.4. The number of hydrogen-bond donors (Lipinski definition) is 2. The smallest absolute Gasteiger partial charge is 0.258 e. The van der Waals surface area contributed by atoms with E-state index in [-0.39, 0.29) is 19.1 Å². The molecule has 0 unspecified atom stereocenters. The molecule has 0 aliphatic heterocycles. The molecule has 0 aromatic heterocycles. The first-order chi connectivity index (χ1) is 9.02. The van der Waals surface area contributed by atoms with Gasteiger partial charge in [0.2, 0.25) is 5.91 Å². The number of ether oxygens (including phenoxy) is 1. The zero-order chi connectivity index (χ0) is 14.3. The first-order valence-electron chi connectivity index (χ1n) is 5.64. The number of rotatable bonds is 6. The fourth-order valence-corrected chi connectivity index (χ4v) is 1.55. The van der Waals surface area contributed by atoms with Crippen molar-refractivity contribution in [3.63, 3.8) is 0 Å². The third-order valence-electron chi connectivity index (χ3n) is 2.07. The summed E-state index contributed by atoms with van der Waals surface area (Å²) in [6.45, 7) is 1.99. The molecule has 104 valence electrons. The Labute approximate surface area is 121 Å². The minimum absolute atomic E-state index is 0.0840. The molecule has 2 amide bonds. The molecule has 0 fully saturated rings. The highest BCUT2D eigenvalue weighted by Crippen LogP contribution is 2.27. The third-order valence-corrected chi connectivity index (χ3v) is 2.62. The zero-order valence-corrected chi connectivity index (χ0v) is 11.8. The van der Waals surface area contributed by atoms with Crippen LogP contribution >= 0.6 is 23.2 Å². The summed E-state index contributed by atoms with van der Waals surface area (Å²) in [6, 6.07) is 4.71. The van der Waals surface area contributed by atoms with Crippen LogP contribution in [0.15, 0.2) is 18.2 Å². The van der Waals surface area contributed by atoms with Gasteiger partial charge in [0.25, 0.3) is 5.91 Å². The number of amides is 2. The Morgan fingerprint density at radius 2 is 1.95 bits per heavy atom. The first-order valence-corrected chi connectivity index (χ1v) is 6.39. The van der Waals surface area contributed by atoms with Gasteiger partial charge in [-0.05, 0) is 19.1 Å². The van der Waals surface area contributed by atoms with E-state index in [0.29, 0.717) is 22.3 Å². The topological polar surface area (TPSA) is 67.4 Å². The number of halogens is 2. The summed E-state index contributed by atoms with van der Waals surface area (Å²) in [6.07, 6.45) is 0. The van der Waals surface area contributed by atoms with Crippen LogP contribution in [-0.2, 0) is 9.59 Å². The highest BCUT2D eigenvalue weighted by molar-refractivity contribution is 6.34. The van der Waals surface area contributed by atoms with Gasteiger partial charge in [-0.3, -0.25) is 9.59 Å². The average Bonchev–Trinajstić information content (AvgIpc) is 2.38. The lowest BCUT2D eigenvalue weighted by Gasteiger charge is -2.09. The molecule has 0 spiro atoms. The molecule has 1 aromatic carbocycles. The van der Waals surface area contributed by atoms with Crippen LogP contribution in [-0.4, -0.2) is 31.5 Å². The summed E-state index contributed by atoms with van der Waals surface area (Å²) in [5.41, 5.74) is 0. The molecule has 0 aliphatic carbocycles. The summed E-state index contributed by atoms with van der Waals surface area (Å²) < 4.78 is 5.21. The molecule has 0 bridgehead atoms. The standard InChI is InChI=1S/C12H14Cl2N2O3/c1-2-15-11(17)6-16-12(18)7-19-10-5-8(13)3-4-9(10)14/h3-5H,2,6-7H2,1H3,(H,15,17)(H,16,18). The highest BCUT2D eigenvalue weighted by Gasteiger charge is 2.08. The second-order valence-corrected chi connectivity index (χ2v) is 4.44. The van der Waals surface area contributed by atoms with E-state index in [2.05, 4.69) is 10.6 Å². The van der Waals surface area contributed by atoms with E-state index in [1.165, 1.54) is 6.07 Å². The molecular weight excluding hydrogens is 291 g/mol. The monoisotopic (exact) mass is 304 g/mol. The van der Waals surface area contributed by atoms with E-state index in [0.717, 1.165) is 0 Å². The molecule has 2 N–H and O–H groups in total. The number of nitrogens with one attached hydrogen (secondary N) is 2. The SMILES string of the molecule is CCNC(=O)CNC(=O)COc1cc(Cl)ccc1Cl. The van der Waals surface area contributed by atoms with Crippen LogP contribution < -0.4 is 15.4 Å². The van der Waals surface area contributed by atoms with Crippen molar-refractivity contribution in [1.29, 1.82) is 0 Å². The van der Waals surface area contributed by atoms with E-state index in [4.69, 9.17) is 27.9 Å². The normalized spacial score (nSPS) is 9.84. The largest absolute Gasteiger partial charge is 0.482 e. The van der Waals surface area contributed by atoms with Crippen LogP contribution in [0.4, 0.5) is 0 Å². The van der Waals surface area contributed by atoms with Crippen molar-refractivity contribution in [3.8, 4) is 5.75 Å². The van der Waals surface area contributed by atoms with Crippen molar-refractivity contribution < 1.29 is 14.3 Å². The molecule has 0 saturated heterocycles. The molecule has 0 heterocycles. The lowest BCUT2D eigenvalue weighted by molar-refractivity contribution is -0.127. The number of hydrogen-bond acceptors (Lipinski definition) is 3. The van der Waals surface area contributed by atoms with Gasteiger partial charge in [0, 0.05) is 17.6 Å². The van der Waals surface area contributed by atoms with Crippen molar-refractivity contribution in [1.82, 2.24) is 10.6 Å². The number of benzene rings is 1. The molecule has 0 radical (unpaired) electrons. The molecule has 5 nitrogen and oxygen atoms in total. The van der Waals surface area contributed by atoms with Crippen LogP contribution in [0.3, 0.4) is 0 Å². The Morgan fingerprint density at radius 3 is 2.63 bits per heavy atom. The fourth-order valence-electron chi connectivity index (χ4n) is 1.22. The molecule has 1 aromatic rings. The summed E-state index contributed by atoms with van der Waals surface area (Å²) in [7, 11) is 0. The van der Waals surface area contributed by atoms with Crippen molar-refractivity contribution in [2.24, 2.45) is 0 Å². The minimum Gasteiger partial charge on any atom is -0.482 e. The lowest BCUT2D eigenvalue weighted by atomic mass is 10.3. The van der Waals surface area contributed by atoms with E-state index in [9.17, 15) is 9.59 Å². The maximum absolute atomic E-state index is 11.4. The molecule has 0 aliphatic rings. The Kier molecular flexibility index (Phi) is 6.45. The van der Waals surface area contributed by atoms with Gasteiger partial charge in [0.15, 0.2) is 6.61 Å². The van der Waals surface area contributed by atoms with Gasteiger partial charge in [-0.1, -0.05) is 23.2 Å². The third kappa shape index (κ3) is 5.81. The number of likely N-dealkylation sites (N-methyl/N-ethyl adjacent to an activating group) is 1. The minimum atomic E-state index is -0.415. The van der Waals surface area contributed by atoms with Crippen LogP contribution in [0.25, 0.3) is 0 Å². The van der Waals surface area contributed by atoms with E-state index >= 15 is 0 Å². The molecule has 19 heavy (non-hydrogen) atoms. The predicted octanol–water partition coefficient (Wildman–Crippen LogP) is 1.62. The lowest BCUT2D eigenvalue weighted by Crippen LogP contribution is -2.38. The van der Waals surface area contributed by atoms with Gasteiger partial charge in [-0.2, -0.15) is 0 Å². The fraction of sp³-hybridized carbons (Fsp3) is 0.333. The average molecular weight is 305 g/mol. The Balaban J connectivity index is 2.38. The Hall–Kier alpha value is -1.46. The van der Waals surface area contributed by atoms with Crippen LogP contribution in [0, 0.1) is 0 Å². The molecule has 7 heteroatoms. The van der Waals surface area contributed by atoms with Crippen LogP contribution in [0.1, 0.15) is 6.92 Å². The van der Waals surface area contributed by atoms with E-state index in [1.807, 2.05) is 0 Å². The van der Waals surface area contributed by atoms with Gasteiger partial charge < -0.3 is 15.4 Å². The van der Waals surface area contributed by atoms with Crippen molar-refractivity contribution in [2.45, 2.75) is 6.92 Å². The summed E-state index contributed by atoms with van der Waals surface area (Å²) in [5, 5.41) is 5.80. The molecule has 0 saturated carbocycles. The zero-order valence-electron chi connectivity index (χ0n) is 10.3. The van der Waals surface area contributed by atoms with E-state index < -0.39 is 5.91 Å². The van der Waals surface area contributed by atoms with Gasteiger partial charge in [0.05, 0.1) is 11.6 Å². The number of carbonyl (C=O) groups is 2. The molecular formula is C12H14Cl2N2O3. The van der Waals surface area contributed by atoms with E-state index in [1.54, 1.807) is 19.1 Å². The van der Waals surface area contributed by atoms with Crippen LogP contribution in [0.5, 0.6) is 5.75 Å². The van der Waals surface area contributed by atoms with Gasteiger partial charge in [-0.15, -0.1) is 0 Å². The maximum Gasteiger partial charge on any atom is 0.258 e. The summed E-state index contributed by atoms with van der Waals surface area (Å²) in [5.74, 6) is -0.346. The van der Waals surface area contributed by atoms with Crippen molar-refractivity contribution >= 4 is 35.0 Å². The van der Waals surface area contributed by atoms with Gasteiger partial charge >= 0.3 is 0 Å². The highest BCUT2D eigenvalue weighted by atomic mass is 35.5. The first kappa shape index (κ1) is 15.6. The van der Waals surface area contributed by atoms with Crippen LogP contribution in [0.2, 0.25) is 10.0 Å². The summed E-state index contributed by atoms with van der Waals surface area (Å²) in [4.78, 5) is 22.5. The Bertz CT molecular complexity index is 466. The second-order valence-electron chi connectivity index (χ2n) is 3.59. The van der Waals surface area contributed by atoms with Crippen molar-refractivity contribution in [2.75, 3.05) is 19.7 Å². The Morgan fingerprint density at radius 1 is 1.21 bits per heavy atom. The quantitative estimate of drug-likeness (QED) is 0.839. The second kappa shape index (κ2) is 7.86.